The number of aromatic hydroxyl groups is 4. The first-order valence-corrected chi connectivity index (χ1v) is 46.6. The third-order valence-corrected chi connectivity index (χ3v) is 27.9. The Bertz CT molecular complexity index is 5900. The Balaban J connectivity index is 0.887. The van der Waals surface area contributed by atoms with Crippen molar-refractivity contribution in [1.82, 2.24) is 16.0 Å². The van der Waals surface area contributed by atoms with Crippen LogP contribution in [0, 0.1) is 12.8 Å². The van der Waals surface area contributed by atoms with Gasteiger partial charge in [-0.2, -0.15) is 0 Å². The Morgan fingerprint density at radius 2 is 1.02 bits per heavy atom. The third-order valence-electron chi connectivity index (χ3n) is 27.6. The van der Waals surface area contributed by atoms with Gasteiger partial charge in [0.1, 0.15) is 180 Å². The first-order valence-electron chi connectivity index (χ1n) is 46.2. The number of nitrogens with two attached hydrogens (primary N) is 2. The van der Waals surface area contributed by atoms with E-state index in [0.717, 1.165) is 54.6 Å². The molecule has 47 nitrogen and oxygen atoms in total. The summed E-state index contributed by atoms with van der Waals surface area (Å²) in [6, 6.07) is 14.7. The molecule has 36 atom stereocenters. The first-order chi connectivity index (χ1) is 68.6. The van der Waals surface area contributed by atoms with Crippen LogP contribution in [0.1, 0.15) is 120 Å². The number of fused-ring (bicyclic) bond motifs is 14. The molecule has 0 radical (unpaired) electrons. The molecule has 3 amide bonds. The summed E-state index contributed by atoms with van der Waals surface area (Å²) < 4.78 is 94.4. The van der Waals surface area contributed by atoms with Crippen molar-refractivity contribution in [3.05, 3.63) is 165 Å². The third kappa shape index (κ3) is 20.9. The van der Waals surface area contributed by atoms with E-state index in [1.807, 2.05) is 0 Å². The number of phenolic OH excluding ortho intramolecular Hbond substituents is 4. The number of aliphatic hydroxyl groups is 17. The molecule has 12 heterocycles. The predicted molar refractivity (Wildman–Crippen MR) is 481 cm³/mol. The van der Waals surface area contributed by atoms with Crippen LogP contribution in [0.5, 0.6) is 69.0 Å². The molecule has 778 valence electrons. The quantitative estimate of drug-likeness (QED) is 0.0468. The topological polar surface area (TPSA) is 754 Å². The lowest BCUT2D eigenvalue weighted by Gasteiger charge is -2.47. The maximum atomic E-state index is 17.3. The molecule has 7 aromatic rings. The molecule has 48 heteroatoms. The van der Waals surface area contributed by atoms with Crippen LogP contribution in [0.15, 0.2) is 115 Å². The second-order valence-corrected chi connectivity index (χ2v) is 37.6. The lowest BCUT2D eigenvalue weighted by atomic mass is 9.79. The van der Waals surface area contributed by atoms with E-state index in [9.17, 15) is 112 Å². The molecule has 12 aliphatic heterocycles. The summed E-state index contributed by atoms with van der Waals surface area (Å²) >= 11 is 7.33. The van der Waals surface area contributed by atoms with E-state index >= 15 is 24.0 Å². The van der Waals surface area contributed by atoms with Crippen molar-refractivity contribution in [3.63, 3.8) is 0 Å². The number of ether oxygens (including phenoxy) is 15. The van der Waals surface area contributed by atoms with Gasteiger partial charge in [0, 0.05) is 66.9 Å². The monoisotopic (exact) mass is 2040 g/mol. The van der Waals surface area contributed by atoms with E-state index in [4.69, 9.17) is 94.1 Å². The van der Waals surface area contributed by atoms with Crippen molar-refractivity contribution in [1.29, 1.82) is 0 Å². The van der Waals surface area contributed by atoms with E-state index in [1.165, 1.54) is 81.4 Å². The lowest BCUT2D eigenvalue weighted by molar-refractivity contribution is -0.373. The van der Waals surface area contributed by atoms with Crippen molar-refractivity contribution in [3.8, 4) is 80.1 Å². The molecule has 7 aromatic carbocycles. The highest BCUT2D eigenvalue weighted by molar-refractivity contribution is 6.32. The Hall–Kier alpha value is -10.7. The molecule has 0 spiro atoms. The zero-order chi connectivity index (χ0) is 103. The number of hydrogen-bond acceptors (Lipinski definition) is 44. The molecule has 0 saturated carbocycles. The highest BCUT2D eigenvalue weighted by atomic mass is 35.5. The Kier molecular flexibility index (Phi) is 31.3. The number of amides is 3. The van der Waals surface area contributed by atoms with Crippen molar-refractivity contribution in [2.45, 2.75) is 267 Å². The van der Waals surface area contributed by atoms with Gasteiger partial charge < -0.3 is 206 Å². The maximum Gasteiger partial charge on any atom is 0.242 e. The van der Waals surface area contributed by atoms with E-state index in [2.05, 4.69) is 16.0 Å². The fourth-order valence-electron chi connectivity index (χ4n) is 19.2. The summed E-state index contributed by atoms with van der Waals surface area (Å²) in [5.41, 5.74) is 11.1. The standard InChI is InChI=1S/C96H110ClN5O42/c1-32-52(109)17-39-19-57(32)135-58-18-37(7-12-51(58)108)68(99)91(129)102-70-55(112)24-45(39)90(128)101-69-40-20-60(86(61(21-40)134-56-13-8-38(73(70)115)16-48(56)97)142-95-84(126)87(77(119)65(140-95)31-130-92-82(124)78(120)72(114)34(3)132-92)143-96-88(80(122)75(117)63(29-104)139-96)144-94-81(123)76(118)64(30-105)138-94)133-43-9-4-35(5-10-43)85(141-66-26-49(98)71(113)33(2)131-66)47-25-53(110)44(23-54(69)111)36-6-11-50(107)46(15-36)67-41(27-100-89(47)127)14-42(106)22-59(67)136-93-83(125)79(121)74(116)62(28-103)137-93/h4-22,33-34,44-45,47,49,62-66,68-85,87-88,92-96,103-109,113-126H,23-31,98-99H2,1-3H3,(H,100,127)(H,101,128)(H,102,129)/t33?,34?,44-,45+,47+,49?,62?,63?,64-,65?,66?,68-,69-,70+,71?,72?,73-,74?,75?,76?,77?,78?,79?,80?,81-,82?,83?,84+,85-,87+,88?,92?,93?,94-,95?,96?/m1/s1. The maximum absolute atomic E-state index is 17.3. The average Bonchev–Trinajstić information content (AvgIpc) is 0.948. The highest BCUT2D eigenvalue weighted by Gasteiger charge is 2.57. The zero-order valence-electron chi connectivity index (χ0n) is 76.6. The number of carbonyl (C=O) groups excluding carboxylic acids is 6. The Labute approximate surface area is 821 Å². The predicted octanol–water partition coefficient (Wildman–Crippen LogP) is -2.70. The van der Waals surface area contributed by atoms with Crippen molar-refractivity contribution in [2.24, 2.45) is 17.4 Å². The van der Waals surface area contributed by atoms with Gasteiger partial charge in [0.15, 0.2) is 59.7 Å². The van der Waals surface area contributed by atoms with Crippen LogP contribution in [0.4, 0.5) is 0 Å². The summed E-state index contributed by atoms with van der Waals surface area (Å²) in [5, 5.41) is 248. The van der Waals surface area contributed by atoms with Crippen molar-refractivity contribution < 1.29 is 207 Å². The number of phenols is 4. The van der Waals surface area contributed by atoms with Crippen molar-refractivity contribution >= 4 is 46.7 Å². The highest BCUT2D eigenvalue weighted by Crippen LogP contribution is 2.52. The van der Waals surface area contributed by atoms with Gasteiger partial charge in [0.25, 0.3) is 0 Å². The summed E-state index contributed by atoms with van der Waals surface area (Å²) in [7, 11) is 0. The number of Topliss-reactive ketones (excluding diaryl/α,β-unsaturated/α-hetero) is 3. The van der Waals surface area contributed by atoms with Crippen LogP contribution < -0.4 is 51.1 Å². The number of hydrogen-bond donors (Lipinski definition) is 26. The van der Waals surface area contributed by atoms with Gasteiger partial charge in [-0.05, 0) is 139 Å². The smallest absolute Gasteiger partial charge is 0.242 e. The van der Waals surface area contributed by atoms with Gasteiger partial charge in [0.2, 0.25) is 36.1 Å². The second kappa shape index (κ2) is 43.0. The SMILES string of the molecule is Cc1c(O)cc2cc1Oc1cc(ccc1O)[C@@H](N)C(=O)N[C@H]1C(=O)C[C@@H]2C(=O)N[C@H]2C(=O)C[C@H]3C(=O)C[C@H](C(=O)NCc4cc(O)cc(OC5OC(CO)C(O)C(O)C5O)c4-c4cc3ccc4O)[C@H](OC3CC(N)C(O)C(C)O3)c3ccc(cc3)Oc3cc2cc(c3OC2OC(COC3OC(C)C(O)C(O)C3O)C(O)[C@H](OC3OC(CO)C(O)C(O)C3O[C@H]3O[C@H](CO)C(O)[C@H]3O)[C@@H]2O)Oc2ccc(cc2Cl)[C@H]1O. The number of rotatable bonds is 16. The van der Waals surface area contributed by atoms with Gasteiger partial charge in [-0.15, -0.1) is 0 Å². The summed E-state index contributed by atoms with van der Waals surface area (Å²) in [4.78, 5) is 97.6. The summed E-state index contributed by atoms with van der Waals surface area (Å²) in [6.45, 7) is -0.468. The molecular formula is C96H110ClN5O42. The first kappa shape index (κ1) is 105. The summed E-state index contributed by atoms with van der Waals surface area (Å²) in [5.74, 6) is -19.5. The molecular weight excluding hydrogens is 1930 g/mol. The van der Waals surface area contributed by atoms with Gasteiger partial charge in [-0.3, -0.25) is 28.8 Å². The molecule has 23 unspecified atom stereocenters. The minimum absolute atomic E-state index is 0.0248. The van der Waals surface area contributed by atoms with E-state index in [0.29, 0.717) is 0 Å². The van der Waals surface area contributed by atoms with Gasteiger partial charge in [-0.25, -0.2) is 0 Å². The minimum atomic E-state index is -2.55. The molecule has 0 aromatic heterocycles. The minimum Gasteiger partial charge on any atom is -0.508 e. The molecule has 19 rings (SSSR count). The Morgan fingerprint density at radius 3 is 1.72 bits per heavy atom. The summed E-state index contributed by atoms with van der Waals surface area (Å²) in [6.07, 6.45) is -59.5. The van der Waals surface area contributed by atoms with E-state index < -0.39 is 370 Å². The number of halogens is 1. The largest absolute Gasteiger partial charge is 0.508 e. The molecule has 12 aliphatic rings. The van der Waals surface area contributed by atoms with E-state index in [-0.39, 0.29) is 73.7 Å². The van der Waals surface area contributed by atoms with E-state index in [1.54, 1.807) is 0 Å². The second-order valence-electron chi connectivity index (χ2n) is 37.2. The van der Waals surface area contributed by atoms with Gasteiger partial charge in [0.05, 0.1) is 67.7 Å². The number of benzene rings is 7. The zero-order valence-corrected chi connectivity index (χ0v) is 77.4. The number of nitrogens with one attached hydrogen (secondary N) is 3. The normalized spacial score (nSPS) is 36.3. The fourth-order valence-corrected chi connectivity index (χ4v) is 19.4. The van der Waals surface area contributed by atoms with Crippen LogP contribution in [-0.2, 0) is 82.7 Å². The molecule has 0 aliphatic carbocycles. The fraction of sp³-hybridized carbons (Fsp3) is 0.500. The Morgan fingerprint density at radius 1 is 0.438 bits per heavy atom. The van der Waals surface area contributed by atoms with Crippen LogP contribution in [-0.4, -0.2) is 347 Å². The molecule has 17 bridgehead atoms. The number of aliphatic hydroxyl groups excluding tert-OH is 17. The molecule has 6 saturated heterocycles. The van der Waals surface area contributed by atoms with Gasteiger partial charge >= 0.3 is 0 Å². The van der Waals surface area contributed by atoms with Crippen LogP contribution in [0.3, 0.4) is 0 Å². The van der Waals surface area contributed by atoms with Crippen molar-refractivity contribution in [2.75, 3.05) is 26.4 Å². The number of ketones is 3. The lowest BCUT2D eigenvalue weighted by Crippen LogP contribution is -2.66. The molecule has 6 fully saturated rings. The average molecular weight is 2040 g/mol. The van der Waals surface area contributed by atoms with Crippen LogP contribution in [0.2, 0.25) is 5.02 Å². The molecule has 28 N–H and O–H groups in total. The molecule has 144 heavy (non-hydrogen) atoms. The van der Waals surface area contributed by atoms with Crippen LogP contribution in [0.25, 0.3) is 11.1 Å². The number of carbonyl (C=O) groups is 6. The van der Waals surface area contributed by atoms with Gasteiger partial charge in [-0.1, -0.05) is 41.9 Å². The van der Waals surface area contributed by atoms with Crippen LogP contribution >= 0.6 is 11.6 Å².